The van der Waals surface area contributed by atoms with E-state index in [-0.39, 0.29) is 0 Å². The Morgan fingerprint density at radius 2 is 2.10 bits per heavy atom. The lowest BCUT2D eigenvalue weighted by atomic mass is 10.2. The molecule has 4 nitrogen and oxygen atoms in total. The van der Waals surface area contributed by atoms with Gasteiger partial charge in [0.1, 0.15) is 18.1 Å². The molecule has 20 heavy (non-hydrogen) atoms. The molecular weight excluding hydrogens is 276 g/mol. The van der Waals surface area contributed by atoms with Crippen LogP contribution in [-0.2, 0) is 12.5 Å². The van der Waals surface area contributed by atoms with Crippen LogP contribution in [-0.4, -0.2) is 16.9 Å². The predicted octanol–water partition coefficient (Wildman–Crippen LogP) is 3.79. The van der Waals surface area contributed by atoms with E-state index in [1.54, 1.807) is 7.11 Å². The van der Waals surface area contributed by atoms with Gasteiger partial charge in [-0.1, -0.05) is 6.07 Å². The molecule has 5 heteroatoms. The van der Waals surface area contributed by atoms with Crippen LogP contribution in [0.5, 0.6) is 11.5 Å². The normalized spacial score (nSPS) is 10.8. The molecule has 2 rings (SSSR count). The third-order valence-electron chi connectivity index (χ3n) is 2.99. The molecule has 0 unspecified atom stereocenters. The van der Waals surface area contributed by atoms with Crippen molar-refractivity contribution in [3.8, 4) is 11.5 Å². The summed E-state index contributed by atoms with van der Waals surface area (Å²) in [5, 5.41) is 4.45. The van der Waals surface area contributed by atoms with Crippen LogP contribution in [0.3, 0.4) is 0 Å². The summed E-state index contributed by atoms with van der Waals surface area (Å²) in [6.07, 6.45) is 1.96. The number of methoxy groups -OCH3 is 1. The fourth-order valence-corrected chi connectivity index (χ4v) is 2.02. The molecule has 1 aromatic carbocycles. The van der Waals surface area contributed by atoms with Crippen LogP contribution < -0.4 is 9.47 Å². The van der Waals surface area contributed by atoms with Gasteiger partial charge >= 0.3 is 0 Å². The Labute approximate surface area is 124 Å². The monoisotopic (exact) mass is 294 g/mol. The van der Waals surface area contributed by atoms with Gasteiger partial charge in [0.2, 0.25) is 0 Å². The van der Waals surface area contributed by atoms with Gasteiger partial charge in [0.05, 0.1) is 18.7 Å². The van der Waals surface area contributed by atoms with E-state index in [4.69, 9.17) is 21.1 Å². The number of hydrogen-bond acceptors (Lipinski definition) is 3. The first-order valence-corrected chi connectivity index (χ1v) is 7.07. The van der Waals surface area contributed by atoms with Gasteiger partial charge in [-0.3, -0.25) is 4.68 Å². The molecule has 0 amide bonds. The summed E-state index contributed by atoms with van der Waals surface area (Å²) < 4.78 is 12.9. The Hall–Kier alpha value is -1.68. The van der Waals surface area contributed by atoms with Crippen molar-refractivity contribution in [2.75, 3.05) is 7.11 Å². The molecule has 1 heterocycles. The van der Waals surface area contributed by atoms with Crippen molar-refractivity contribution in [2.45, 2.75) is 32.4 Å². The van der Waals surface area contributed by atoms with Gasteiger partial charge in [-0.15, -0.1) is 11.6 Å². The second kappa shape index (κ2) is 6.66. The molecule has 0 bridgehead atoms. The fraction of sp³-hybridized carbons (Fsp3) is 0.400. The Kier molecular flexibility index (Phi) is 4.90. The van der Waals surface area contributed by atoms with Crippen molar-refractivity contribution in [1.82, 2.24) is 9.78 Å². The number of halogens is 1. The second-order valence-corrected chi connectivity index (χ2v) is 5.04. The highest BCUT2D eigenvalue weighted by atomic mass is 35.5. The Balaban J connectivity index is 2.09. The second-order valence-electron chi connectivity index (χ2n) is 4.78. The van der Waals surface area contributed by atoms with Gasteiger partial charge in [-0.05, 0) is 26.0 Å². The van der Waals surface area contributed by atoms with E-state index in [0.717, 1.165) is 22.8 Å². The fourth-order valence-electron chi connectivity index (χ4n) is 1.80. The van der Waals surface area contributed by atoms with Crippen molar-refractivity contribution in [3.05, 3.63) is 41.7 Å². The average Bonchev–Trinajstić information content (AvgIpc) is 2.93. The van der Waals surface area contributed by atoms with Gasteiger partial charge in [0.25, 0.3) is 0 Å². The van der Waals surface area contributed by atoms with E-state index in [1.165, 1.54) is 0 Å². The van der Waals surface area contributed by atoms with E-state index in [9.17, 15) is 0 Å². The lowest BCUT2D eigenvalue weighted by molar-refractivity contribution is 0.294. The zero-order valence-electron chi connectivity index (χ0n) is 12.0. The molecule has 0 fully saturated rings. The molecule has 0 saturated heterocycles. The van der Waals surface area contributed by atoms with Gasteiger partial charge in [-0.25, -0.2) is 0 Å². The zero-order chi connectivity index (χ0) is 14.5. The maximum Gasteiger partial charge on any atom is 0.132 e. The maximum absolute atomic E-state index is 5.91. The first-order chi connectivity index (χ1) is 9.63. The number of aromatic nitrogens is 2. The van der Waals surface area contributed by atoms with Crippen LogP contribution in [0.2, 0.25) is 0 Å². The molecule has 0 aliphatic carbocycles. The lowest BCUT2D eigenvalue weighted by Crippen LogP contribution is -2.04. The van der Waals surface area contributed by atoms with E-state index < -0.39 is 0 Å². The molecule has 0 atom stereocenters. The molecule has 0 aliphatic rings. The highest BCUT2D eigenvalue weighted by Gasteiger charge is 2.07. The SMILES string of the molecule is COc1ccc(CCl)c(OCc2ccn(C(C)C)n2)c1. The quantitative estimate of drug-likeness (QED) is 0.761. The van der Waals surface area contributed by atoms with Crippen LogP contribution in [0.15, 0.2) is 30.5 Å². The van der Waals surface area contributed by atoms with Gasteiger partial charge < -0.3 is 9.47 Å². The Morgan fingerprint density at radius 3 is 2.70 bits per heavy atom. The van der Waals surface area contributed by atoms with Crippen molar-refractivity contribution < 1.29 is 9.47 Å². The van der Waals surface area contributed by atoms with Crippen LogP contribution in [0.25, 0.3) is 0 Å². The number of ether oxygens (including phenoxy) is 2. The molecule has 108 valence electrons. The van der Waals surface area contributed by atoms with Crippen molar-refractivity contribution in [2.24, 2.45) is 0 Å². The van der Waals surface area contributed by atoms with Gasteiger partial charge in [0, 0.05) is 23.9 Å². The first kappa shape index (κ1) is 14.7. The minimum absolute atomic E-state index is 0.346. The summed E-state index contributed by atoms with van der Waals surface area (Å²) in [7, 11) is 1.63. The number of alkyl halides is 1. The molecule has 2 aromatic rings. The van der Waals surface area contributed by atoms with E-state index >= 15 is 0 Å². The molecule has 0 N–H and O–H groups in total. The summed E-state index contributed by atoms with van der Waals surface area (Å²) in [6.45, 7) is 4.59. The molecule has 0 aliphatic heterocycles. The van der Waals surface area contributed by atoms with Crippen LogP contribution in [0.4, 0.5) is 0 Å². The maximum atomic E-state index is 5.91. The third kappa shape index (κ3) is 3.45. The summed E-state index contributed by atoms with van der Waals surface area (Å²) in [5.74, 6) is 1.89. The van der Waals surface area contributed by atoms with E-state index in [0.29, 0.717) is 18.5 Å². The van der Waals surface area contributed by atoms with Crippen LogP contribution >= 0.6 is 11.6 Å². The lowest BCUT2D eigenvalue weighted by Gasteiger charge is -2.10. The smallest absolute Gasteiger partial charge is 0.132 e. The van der Waals surface area contributed by atoms with Gasteiger partial charge in [0.15, 0.2) is 0 Å². The summed E-state index contributed by atoms with van der Waals surface area (Å²) >= 11 is 5.91. The number of nitrogens with zero attached hydrogens (tertiary/aromatic N) is 2. The third-order valence-corrected chi connectivity index (χ3v) is 3.27. The minimum Gasteiger partial charge on any atom is -0.497 e. The Bertz CT molecular complexity index is 567. The van der Waals surface area contributed by atoms with Crippen molar-refractivity contribution in [3.63, 3.8) is 0 Å². The van der Waals surface area contributed by atoms with Crippen LogP contribution in [0, 0.1) is 0 Å². The largest absolute Gasteiger partial charge is 0.497 e. The molecule has 1 aromatic heterocycles. The number of rotatable bonds is 6. The van der Waals surface area contributed by atoms with Crippen molar-refractivity contribution >= 4 is 11.6 Å². The van der Waals surface area contributed by atoms with Crippen LogP contribution in [0.1, 0.15) is 31.1 Å². The standard InChI is InChI=1S/C15H19ClN2O2/c1-11(2)18-7-6-13(17-18)10-20-15-8-14(19-3)5-4-12(15)9-16/h4-8,11H,9-10H2,1-3H3. The average molecular weight is 295 g/mol. The van der Waals surface area contributed by atoms with Crippen molar-refractivity contribution in [1.29, 1.82) is 0 Å². The highest BCUT2D eigenvalue weighted by Crippen LogP contribution is 2.26. The highest BCUT2D eigenvalue weighted by molar-refractivity contribution is 6.17. The van der Waals surface area contributed by atoms with E-state index in [1.807, 2.05) is 35.1 Å². The summed E-state index contributed by atoms with van der Waals surface area (Å²) in [4.78, 5) is 0. The minimum atomic E-state index is 0.346. The predicted molar refractivity (Wildman–Crippen MR) is 79.5 cm³/mol. The van der Waals surface area contributed by atoms with Gasteiger partial charge in [-0.2, -0.15) is 5.10 Å². The molecular formula is C15H19ClN2O2. The summed E-state index contributed by atoms with van der Waals surface area (Å²) in [5.41, 5.74) is 1.83. The number of hydrogen-bond donors (Lipinski definition) is 0. The zero-order valence-corrected chi connectivity index (χ0v) is 12.7. The molecule has 0 spiro atoms. The first-order valence-electron chi connectivity index (χ1n) is 6.53. The topological polar surface area (TPSA) is 36.3 Å². The number of benzene rings is 1. The Morgan fingerprint density at radius 1 is 1.30 bits per heavy atom. The molecule has 0 radical (unpaired) electrons. The van der Waals surface area contributed by atoms with E-state index in [2.05, 4.69) is 18.9 Å². The summed E-state index contributed by atoms with van der Waals surface area (Å²) in [6, 6.07) is 7.93. The molecule has 0 saturated carbocycles.